The zero-order valence-corrected chi connectivity index (χ0v) is 8.63. The van der Waals surface area contributed by atoms with E-state index < -0.39 is 8.14 Å². The van der Waals surface area contributed by atoms with Gasteiger partial charge in [-0.15, -0.1) is 0 Å². The highest BCUT2D eigenvalue weighted by Gasteiger charge is 1.95. The third-order valence-corrected chi connectivity index (χ3v) is 1.50. The van der Waals surface area contributed by atoms with Gasteiger partial charge in [-0.25, -0.2) is 0 Å². The van der Waals surface area contributed by atoms with Crippen LogP contribution in [-0.2, 0) is 0 Å². The van der Waals surface area contributed by atoms with Crippen LogP contribution in [-0.4, -0.2) is 8.14 Å². The minimum atomic E-state index is -0.639. The first-order chi connectivity index (χ1) is 4.41. The summed E-state index contributed by atoms with van der Waals surface area (Å²) >= 11 is 9.81. The second-order valence-electron chi connectivity index (χ2n) is 2.22. The molecule has 0 nitrogen and oxygen atoms in total. The van der Waals surface area contributed by atoms with Crippen LogP contribution in [0.25, 0.3) is 0 Å². The highest BCUT2D eigenvalue weighted by molar-refractivity contribution is 7.22. The molecule has 9 heavy (non-hydrogen) atoms. The van der Waals surface area contributed by atoms with E-state index in [1.165, 1.54) is 38.5 Å². The Hall–Kier alpha value is 0.797. The Labute approximate surface area is 69.2 Å². The average molecular weight is 185 g/mol. The predicted octanol–water partition coefficient (Wildman–Crippen LogP) is 2.80. The summed E-state index contributed by atoms with van der Waals surface area (Å²) in [6.45, 7) is 0. The third-order valence-electron chi connectivity index (χ3n) is 1.50. The van der Waals surface area contributed by atoms with E-state index in [9.17, 15) is 0 Å². The van der Waals surface area contributed by atoms with Crippen molar-refractivity contribution in [1.82, 2.24) is 0 Å². The van der Waals surface area contributed by atoms with Gasteiger partial charge in [0.2, 0.25) is 8.14 Å². The zero-order chi connectivity index (χ0) is 6.95. The molecule has 0 atom stereocenters. The maximum Gasteiger partial charge on any atom is 0.222 e. The Balaban J connectivity index is 0.000000187. The quantitative estimate of drug-likeness (QED) is 0.402. The third kappa shape index (κ3) is 8.80. The Morgan fingerprint density at radius 2 is 0.778 bits per heavy atom. The number of halogens is 2. The lowest BCUT2D eigenvalue weighted by molar-refractivity contribution is 0.504. The monoisotopic (exact) mass is 184 g/mol. The molecule has 1 saturated carbocycles. The van der Waals surface area contributed by atoms with Crippen LogP contribution in [0.15, 0.2) is 0 Å². The smallest absolute Gasteiger partial charge is 0.155 e. The molecule has 56 valence electrons. The Morgan fingerprint density at radius 3 is 0.889 bits per heavy atom. The molecule has 3 heteroatoms. The molecular formula is C6H14Cl2Si. The molecule has 0 spiro atoms. The molecule has 0 unspecified atom stereocenters. The Bertz CT molecular complexity index is 34.8. The molecule has 1 rings (SSSR count). The van der Waals surface area contributed by atoms with Gasteiger partial charge < -0.3 is 0 Å². The van der Waals surface area contributed by atoms with E-state index in [1.807, 2.05) is 0 Å². The molecule has 0 bridgehead atoms. The Kier molecular flexibility index (Phi) is 9.58. The molecule has 0 amide bonds. The molecule has 1 aliphatic carbocycles. The van der Waals surface area contributed by atoms with Crippen molar-refractivity contribution in [2.75, 3.05) is 0 Å². The van der Waals surface area contributed by atoms with Gasteiger partial charge in [0, 0.05) is 0 Å². The van der Waals surface area contributed by atoms with E-state index in [-0.39, 0.29) is 0 Å². The Morgan fingerprint density at radius 1 is 0.667 bits per heavy atom. The van der Waals surface area contributed by atoms with Crippen molar-refractivity contribution >= 4 is 30.3 Å². The van der Waals surface area contributed by atoms with E-state index >= 15 is 0 Å². The van der Waals surface area contributed by atoms with Crippen molar-refractivity contribution in [2.45, 2.75) is 38.5 Å². The van der Waals surface area contributed by atoms with Crippen molar-refractivity contribution in [3.63, 3.8) is 0 Å². The van der Waals surface area contributed by atoms with Gasteiger partial charge in [-0.05, 0) is 0 Å². The van der Waals surface area contributed by atoms with Crippen LogP contribution in [0.3, 0.4) is 0 Å². The zero-order valence-electron chi connectivity index (χ0n) is 5.71. The molecule has 0 heterocycles. The fourth-order valence-electron chi connectivity index (χ4n) is 1.06. The highest BCUT2D eigenvalue weighted by Crippen LogP contribution is 2.15. The normalized spacial score (nSPS) is 18.0. The summed E-state index contributed by atoms with van der Waals surface area (Å²) in [5.41, 5.74) is 0. The molecule has 1 fully saturated rings. The van der Waals surface area contributed by atoms with Gasteiger partial charge in [0.1, 0.15) is 0 Å². The van der Waals surface area contributed by atoms with Crippen LogP contribution in [0.4, 0.5) is 0 Å². The van der Waals surface area contributed by atoms with Crippen molar-refractivity contribution in [1.29, 1.82) is 0 Å². The second-order valence-corrected chi connectivity index (χ2v) is 4.85. The fourth-order valence-corrected chi connectivity index (χ4v) is 1.06. The summed E-state index contributed by atoms with van der Waals surface area (Å²) in [7, 11) is -0.639. The molecule has 0 aromatic carbocycles. The molecule has 0 aliphatic heterocycles. The lowest BCUT2D eigenvalue weighted by Crippen LogP contribution is -1.85. The summed E-state index contributed by atoms with van der Waals surface area (Å²) < 4.78 is 0. The summed E-state index contributed by atoms with van der Waals surface area (Å²) in [6, 6.07) is 0. The largest absolute Gasteiger partial charge is 0.222 e. The van der Waals surface area contributed by atoms with E-state index in [1.54, 1.807) is 0 Å². The summed E-state index contributed by atoms with van der Waals surface area (Å²) in [6.07, 6.45) is 9.00. The second kappa shape index (κ2) is 8.80. The first-order valence-electron chi connectivity index (χ1n) is 3.53. The maximum absolute atomic E-state index is 4.90. The maximum atomic E-state index is 4.90. The minimum Gasteiger partial charge on any atom is -0.155 e. The van der Waals surface area contributed by atoms with Crippen molar-refractivity contribution < 1.29 is 0 Å². The first kappa shape index (κ1) is 9.80. The fraction of sp³-hybridized carbons (Fsp3) is 1.00. The van der Waals surface area contributed by atoms with Gasteiger partial charge in [0.15, 0.2) is 0 Å². The van der Waals surface area contributed by atoms with Gasteiger partial charge in [-0.2, -0.15) is 22.2 Å². The number of hydrogen-bond donors (Lipinski definition) is 0. The highest BCUT2D eigenvalue weighted by atomic mass is 35.7. The number of rotatable bonds is 0. The van der Waals surface area contributed by atoms with Crippen LogP contribution >= 0.6 is 22.2 Å². The van der Waals surface area contributed by atoms with Gasteiger partial charge in [0.05, 0.1) is 0 Å². The van der Waals surface area contributed by atoms with Crippen molar-refractivity contribution in [2.24, 2.45) is 0 Å². The van der Waals surface area contributed by atoms with Crippen LogP contribution in [0.5, 0.6) is 0 Å². The van der Waals surface area contributed by atoms with Gasteiger partial charge in [-0.3, -0.25) is 0 Å². The summed E-state index contributed by atoms with van der Waals surface area (Å²) in [4.78, 5) is 0. The van der Waals surface area contributed by atoms with Gasteiger partial charge >= 0.3 is 0 Å². The van der Waals surface area contributed by atoms with Crippen molar-refractivity contribution in [3.8, 4) is 0 Å². The van der Waals surface area contributed by atoms with Crippen molar-refractivity contribution in [3.05, 3.63) is 0 Å². The van der Waals surface area contributed by atoms with E-state index in [4.69, 9.17) is 22.2 Å². The molecule has 1 aliphatic rings. The number of hydrogen-bond acceptors (Lipinski definition) is 0. The predicted molar refractivity (Wildman–Crippen MR) is 48.0 cm³/mol. The SMILES string of the molecule is C1CCCCC1.Cl[SiH2]Cl. The standard InChI is InChI=1S/C6H12.Cl2H2Si/c1-2-4-6-5-3-1;1-3-2/h1-6H2;3H2. The lowest BCUT2D eigenvalue weighted by atomic mass is 10.0. The van der Waals surface area contributed by atoms with E-state index in [0.29, 0.717) is 0 Å². The summed E-state index contributed by atoms with van der Waals surface area (Å²) in [5, 5.41) is 0. The molecule has 0 N–H and O–H groups in total. The summed E-state index contributed by atoms with van der Waals surface area (Å²) in [5.74, 6) is 0. The molecular weight excluding hydrogens is 171 g/mol. The van der Waals surface area contributed by atoms with E-state index in [0.717, 1.165) is 0 Å². The minimum absolute atomic E-state index is 0.639. The molecule has 0 aromatic rings. The molecule has 0 aromatic heterocycles. The topological polar surface area (TPSA) is 0 Å². The van der Waals surface area contributed by atoms with Crippen LogP contribution < -0.4 is 0 Å². The molecule has 0 saturated heterocycles. The lowest BCUT2D eigenvalue weighted by Gasteiger charge is -2.05. The van der Waals surface area contributed by atoms with Crippen LogP contribution in [0.1, 0.15) is 38.5 Å². The van der Waals surface area contributed by atoms with Gasteiger partial charge in [-0.1, -0.05) is 38.5 Å². The first-order valence-corrected chi connectivity index (χ1v) is 7.81. The molecule has 0 radical (unpaired) electrons. The van der Waals surface area contributed by atoms with Crippen LogP contribution in [0, 0.1) is 0 Å². The van der Waals surface area contributed by atoms with E-state index in [2.05, 4.69) is 0 Å². The van der Waals surface area contributed by atoms with Gasteiger partial charge in [0.25, 0.3) is 0 Å². The average Bonchev–Trinajstić information content (AvgIpc) is 1.93. The van der Waals surface area contributed by atoms with Crippen LogP contribution in [0.2, 0.25) is 0 Å².